The van der Waals surface area contributed by atoms with Crippen molar-refractivity contribution in [1.29, 1.82) is 0 Å². The van der Waals surface area contributed by atoms with Gasteiger partial charge in [-0.3, -0.25) is 4.79 Å². The largest absolute Gasteiger partial charge is 0.434 e. The molecule has 13 heteroatoms. The van der Waals surface area contributed by atoms with Gasteiger partial charge in [0.15, 0.2) is 10.8 Å². The molecule has 0 atom stereocenters. The summed E-state index contributed by atoms with van der Waals surface area (Å²) in [6.07, 6.45) is -4.51. The van der Waals surface area contributed by atoms with Gasteiger partial charge in [-0.15, -0.1) is 11.3 Å². The van der Waals surface area contributed by atoms with Gasteiger partial charge in [-0.05, 0) is 42.8 Å². The summed E-state index contributed by atoms with van der Waals surface area (Å²) in [6.45, 7) is 2.32. The normalized spacial score (nSPS) is 15.1. The second kappa shape index (κ2) is 10.1. The molecule has 0 bridgehead atoms. The molecule has 1 aromatic heterocycles. The van der Waals surface area contributed by atoms with E-state index >= 15 is 0 Å². The zero-order valence-corrected chi connectivity index (χ0v) is 21.1. The Labute approximate surface area is 210 Å². The number of halogens is 3. The zero-order chi connectivity index (χ0) is 26.1. The number of rotatable bonds is 6. The lowest BCUT2D eigenvalue weighted by Gasteiger charge is -2.34. The SMILES string of the molecule is CNc1ccccc1C(=O)Nc1ccc(S(=O)(=O)N2CCN(c3nc(C(F)(F)F)cs3)CC2)c(C)c1. The zero-order valence-electron chi connectivity index (χ0n) is 19.5. The lowest BCUT2D eigenvalue weighted by molar-refractivity contribution is -0.140. The Morgan fingerprint density at radius 2 is 1.78 bits per heavy atom. The van der Waals surface area contributed by atoms with Gasteiger partial charge in [0, 0.05) is 50.0 Å². The number of anilines is 3. The van der Waals surface area contributed by atoms with E-state index in [1.54, 1.807) is 43.1 Å². The van der Waals surface area contributed by atoms with E-state index in [4.69, 9.17) is 0 Å². The van der Waals surface area contributed by atoms with Gasteiger partial charge in [0.05, 0.1) is 10.5 Å². The molecule has 1 saturated heterocycles. The summed E-state index contributed by atoms with van der Waals surface area (Å²) in [5.74, 6) is -0.332. The van der Waals surface area contributed by atoms with Crippen LogP contribution in [0.5, 0.6) is 0 Å². The molecule has 0 aliphatic carbocycles. The third-order valence-corrected chi connectivity index (χ3v) is 8.74. The molecule has 1 amide bonds. The van der Waals surface area contributed by atoms with Crippen LogP contribution in [0.1, 0.15) is 21.6 Å². The number of benzene rings is 2. The second-order valence-corrected chi connectivity index (χ2v) is 10.9. The number of aryl methyl sites for hydroxylation is 1. The van der Waals surface area contributed by atoms with Crippen LogP contribution in [-0.4, -0.2) is 56.8 Å². The first kappa shape index (κ1) is 25.9. The lowest BCUT2D eigenvalue weighted by atomic mass is 10.1. The molecule has 0 unspecified atom stereocenters. The van der Waals surface area contributed by atoms with E-state index in [-0.39, 0.29) is 42.1 Å². The Kier molecular flexibility index (Phi) is 7.25. The molecule has 4 rings (SSSR count). The number of carbonyl (C=O) groups excluding carboxylic acids is 1. The summed E-state index contributed by atoms with van der Waals surface area (Å²) in [5.41, 5.74) is 1.09. The molecule has 3 aromatic rings. The lowest BCUT2D eigenvalue weighted by Crippen LogP contribution is -2.48. The average molecular weight is 540 g/mol. The molecule has 2 heterocycles. The standard InChI is InChI=1S/C23H24F3N5O3S2/c1-15-13-16(28-21(32)17-5-3-4-6-18(17)27-2)7-8-19(15)36(33,34)31-11-9-30(10-12-31)22-29-20(14-35-22)23(24,25)26/h3-8,13-14,27H,9-12H2,1-2H3,(H,28,32). The maximum absolute atomic E-state index is 13.3. The molecule has 8 nitrogen and oxygen atoms in total. The fourth-order valence-corrected chi connectivity index (χ4v) is 6.43. The number of aromatic nitrogens is 1. The molecular weight excluding hydrogens is 515 g/mol. The minimum atomic E-state index is -4.51. The number of amides is 1. The monoisotopic (exact) mass is 539 g/mol. The minimum Gasteiger partial charge on any atom is -0.387 e. The van der Waals surface area contributed by atoms with Gasteiger partial charge < -0.3 is 15.5 Å². The molecule has 192 valence electrons. The predicted octanol–water partition coefficient (Wildman–Crippen LogP) is 4.28. The van der Waals surface area contributed by atoms with Crippen LogP contribution in [0.4, 0.5) is 29.7 Å². The summed E-state index contributed by atoms with van der Waals surface area (Å²) >= 11 is 0.886. The molecule has 2 N–H and O–H groups in total. The van der Waals surface area contributed by atoms with Crippen molar-refractivity contribution >= 4 is 43.8 Å². The summed E-state index contributed by atoms with van der Waals surface area (Å²) in [5, 5.41) is 6.92. The smallest absolute Gasteiger partial charge is 0.387 e. The van der Waals surface area contributed by atoms with Crippen LogP contribution < -0.4 is 15.5 Å². The van der Waals surface area contributed by atoms with E-state index in [0.29, 0.717) is 22.5 Å². The topological polar surface area (TPSA) is 94.6 Å². The number of alkyl halides is 3. The van der Waals surface area contributed by atoms with Gasteiger partial charge in [0.2, 0.25) is 10.0 Å². The number of hydrogen-bond donors (Lipinski definition) is 2. The van der Waals surface area contributed by atoms with Gasteiger partial charge in [-0.2, -0.15) is 17.5 Å². The number of hydrogen-bond acceptors (Lipinski definition) is 7. The predicted molar refractivity (Wildman–Crippen MR) is 133 cm³/mol. The summed E-state index contributed by atoms with van der Waals surface area (Å²) in [7, 11) is -2.12. The van der Waals surface area contributed by atoms with Crippen molar-refractivity contribution in [3.63, 3.8) is 0 Å². The Hall–Kier alpha value is -3.16. The van der Waals surface area contributed by atoms with Crippen LogP contribution in [0.2, 0.25) is 0 Å². The molecule has 1 fully saturated rings. The molecule has 0 saturated carbocycles. The molecule has 0 spiro atoms. The number of nitrogens with one attached hydrogen (secondary N) is 2. The van der Waals surface area contributed by atoms with Crippen LogP contribution in [-0.2, 0) is 16.2 Å². The van der Waals surface area contributed by atoms with Gasteiger partial charge in [0.1, 0.15) is 0 Å². The Morgan fingerprint density at radius 3 is 2.39 bits per heavy atom. The first-order valence-electron chi connectivity index (χ1n) is 11.0. The fourth-order valence-electron chi connectivity index (χ4n) is 3.91. The van der Waals surface area contributed by atoms with Gasteiger partial charge >= 0.3 is 6.18 Å². The first-order valence-corrected chi connectivity index (χ1v) is 13.3. The van der Waals surface area contributed by atoms with E-state index in [9.17, 15) is 26.4 Å². The van der Waals surface area contributed by atoms with E-state index in [2.05, 4.69) is 15.6 Å². The molecule has 1 aliphatic heterocycles. The van der Waals surface area contributed by atoms with Crippen molar-refractivity contribution in [2.24, 2.45) is 0 Å². The van der Waals surface area contributed by atoms with Crippen molar-refractivity contribution in [2.75, 3.05) is 48.8 Å². The van der Waals surface area contributed by atoms with Crippen LogP contribution in [0, 0.1) is 6.92 Å². The minimum absolute atomic E-state index is 0.109. The molecule has 2 aromatic carbocycles. The molecule has 0 radical (unpaired) electrons. The van der Waals surface area contributed by atoms with Gasteiger partial charge in [-0.25, -0.2) is 13.4 Å². The number of thiazole rings is 1. The van der Waals surface area contributed by atoms with E-state index in [0.717, 1.165) is 16.7 Å². The van der Waals surface area contributed by atoms with E-state index in [1.165, 1.54) is 16.4 Å². The fraction of sp³-hybridized carbons (Fsp3) is 0.304. The summed E-state index contributed by atoms with van der Waals surface area (Å²) in [6, 6.07) is 11.6. The number of nitrogens with zero attached hydrogens (tertiary/aromatic N) is 3. The highest BCUT2D eigenvalue weighted by Crippen LogP contribution is 2.33. The molecule has 36 heavy (non-hydrogen) atoms. The van der Waals surface area contributed by atoms with Gasteiger partial charge in [-0.1, -0.05) is 12.1 Å². The van der Waals surface area contributed by atoms with Crippen molar-refractivity contribution in [1.82, 2.24) is 9.29 Å². The molecular formula is C23H24F3N5O3S2. The van der Waals surface area contributed by atoms with E-state index < -0.39 is 21.9 Å². The Bertz CT molecular complexity index is 1370. The number of para-hydroxylation sites is 1. The highest BCUT2D eigenvalue weighted by molar-refractivity contribution is 7.89. The van der Waals surface area contributed by atoms with Crippen molar-refractivity contribution < 1.29 is 26.4 Å². The third-order valence-electron chi connectivity index (χ3n) is 5.78. The van der Waals surface area contributed by atoms with Crippen molar-refractivity contribution in [3.05, 3.63) is 64.7 Å². The second-order valence-electron chi connectivity index (χ2n) is 8.13. The van der Waals surface area contributed by atoms with Crippen molar-refractivity contribution in [3.8, 4) is 0 Å². The maximum atomic E-state index is 13.3. The number of sulfonamides is 1. The maximum Gasteiger partial charge on any atom is 0.434 e. The quantitative estimate of drug-likeness (QED) is 0.486. The highest BCUT2D eigenvalue weighted by atomic mass is 32.2. The highest BCUT2D eigenvalue weighted by Gasteiger charge is 2.35. The average Bonchev–Trinajstić information content (AvgIpc) is 3.35. The van der Waals surface area contributed by atoms with Crippen LogP contribution in [0.3, 0.4) is 0 Å². The third kappa shape index (κ3) is 5.32. The number of carbonyl (C=O) groups is 1. The Morgan fingerprint density at radius 1 is 1.08 bits per heavy atom. The first-order chi connectivity index (χ1) is 17.0. The van der Waals surface area contributed by atoms with E-state index in [1.807, 2.05) is 6.07 Å². The summed E-state index contributed by atoms with van der Waals surface area (Å²) in [4.78, 5) is 18.1. The van der Waals surface area contributed by atoms with Crippen LogP contribution in [0.15, 0.2) is 52.7 Å². The van der Waals surface area contributed by atoms with Crippen LogP contribution in [0.25, 0.3) is 0 Å². The van der Waals surface area contributed by atoms with Crippen LogP contribution >= 0.6 is 11.3 Å². The summed E-state index contributed by atoms with van der Waals surface area (Å²) < 4.78 is 66.4. The van der Waals surface area contributed by atoms with Gasteiger partial charge in [0.25, 0.3) is 5.91 Å². The Balaban J connectivity index is 1.44. The van der Waals surface area contributed by atoms with Crippen molar-refractivity contribution in [2.45, 2.75) is 18.0 Å². The number of piperazine rings is 1. The molecule has 1 aliphatic rings.